The zero-order chi connectivity index (χ0) is 15.3. The Labute approximate surface area is 132 Å². The summed E-state index contributed by atoms with van der Waals surface area (Å²) in [5.74, 6) is 1.36. The highest BCUT2D eigenvalue weighted by Crippen LogP contribution is 2.39. The van der Waals surface area contributed by atoms with Gasteiger partial charge in [0.05, 0.1) is 11.5 Å². The van der Waals surface area contributed by atoms with Crippen LogP contribution in [0, 0.1) is 5.92 Å². The summed E-state index contributed by atoms with van der Waals surface area (Å²) in [7, 11) is 0. The van der Waals surface area contributed by atoms with E-state index in [0.717, 1.165) is 28.7 Å². The molecule has 0 bridgehead atoms. The van der Waals surface area contributed by atoms with E-state index in [0.29, 0.717) is 18.4 Å². The SMILES string of the molecule is C[C@H]1CCc2sc3nc(NC[C@H](C)O)n4ncnc4c3c2C1. The van der Waals surface area contributed by atoms with E-state index in [9.17, 15) is 5.11 Å². The second-order valence-corrected chi connectivity index (χ2v) is 7.28. The van der Waals surface area contributed by atoms with Crippen LogP contribution in [-0.2, 0) is 12.8 Å². The first-order chi connectivity index (χ1) is 10.6. The van der Waals surface area contributed by atoms with E-state index in [1.165, 1.54) is 16.9 Å². The summed E-state index contributed by atoms with van der Waals surface area (Å²) >= 11 is 1.77. The number of anilines is 1. The zero-order valence-corrected chi connectivity index (χ0v) is 13.5. The summed E-state index contributed by atoms with van der Waals surface area (Å²) in [6.07, 6.45) is 4.61. The standard InChI is InChI=1S/C15H19N5OS/c1-8-3-4-11-10(5-8)12-13-17-7-18-20(13)15(16-6-9(2)21)19-14(12)22-11/h7-9,21H,3-6H2,1-2H3,(H,16,19)/t8-,9-/m0/s1. The molecule has 7 heteroatoms. The van der Waals surface area contributed by atoms with E-state index in [-0.39, 0.29) is 0 Å². The van der Waals surface area contributed by atoms with Crippen LogP contribution in [0.15, 0.2) is 6.33 Å². The quantitative estimate of drug-likeness (QED) is 0.775. The zero-order valence-electron chi connectivity index (χ0n) is 12.7. The highest BCUT2D eigenvalue weighted by atomic mass is 32.1. The molecule has 0 saturated heterocycles. The lowest BCUT2D eigenvalue weighted by atomic mass is 9.89. The van der Waals surface area contributed by atoms with Gasteiger partial charge in [-0.15, -0.1) is 11.3 Å². The second-order valence-electron chi connectivity index (χ2n) is 6.19. The fourth-order valence-corrected chi connectivity index (χ4v) is 4.33. The van der Waals surface area contributed by atoms with Crippen molar-refractivity contribution in [1.82, 2.24) is 19.6 Å². The Balaban J connectivity index is 1.91. The third-order valence-electron chi connectivity index (χ3n) is 4.22. The van der Waals surface area contributed by atoms with Crippen LogP contribution in [0.5, 0.6) is 0 Å². The summed E-state index contributed by atoms with van der Waals surface area (Å²) in [6.45, 7) is 4.49. The number of aromatic nitrogens is 4. The smallest absolute Gasteiger partial charge is 0.227 e. The van der Waals surface area contributed by atoms with Crippen LogP contribution in [0.2, 0.25) is 0 Å². The number of aliphatic hydroxyl groups is 1. The normalized spacial score (nSPS) is 19.5. The number of nitrogens with zero attached hydrogens (tertiary/aromatic N) is 4. The van der Waals surface area contributed by atoms with Crippen molar-refractivity contribution in [3.05, 3.63) is 16.8 Å². The molecule has 6 nitrogen and oxygen atoms in total. The molecule has 0 aliphatic heterocycles. The van der Waals surface area contributed by atoms with Crippen LogP contribution in [-0.4, -0.2) is 37.3 Å². The van der Waals surface area contributed by atoms with E-state index < -0.39 is 6.10 Å². The molecule has 1 aliphatic rings. The molecular formula is C15H19N5OS. The number of fused-ring (bicyclic) bond motifs is 5. The predicted molar refractivity (Wildman–Crippen MR) is 87.5 cm³/mol. The molecule has 3 heterocycles. The van der Waals surface area contributed by atoms with E-state index in [1.54, 1.807) is 29.1 Å². The molecule has 2 N–H and O–H groups in total. The second kappa shape index (κ2) is 5.17. The maximum absolute atomic E-state index is 9.48. The molecule has 3 aromatic rings. The first kappa shape index (κ1) is 13.9. The van der Waals surface area contributed by atoms with Gasteiger partial charge in [-0.1, -0.05) is 6.92 Å². The van der Waals surface area contributed by atoms with Gasteiger partial charge in [0.1, 0.15) is 11.2 Å². The molecule has 0 radical (unpaired) electrons. The average Bonchev–Trinajstić information content (AvgIpc) is 3.07. The Morgan fingerprint density at radius 2 is 2.41 bits per heavy atom. The molecule has 0 amide bonds. The number of hydrogen-bond acceptors (Lipinski definition) is 6. The Morgan fingerprint density at radius 1 is 1.55 bits per heavy atom. The Bertz CT molecular complexity index is 837. The van der Waals surface area contributed by atoms with Crippen LogP contribution >= 0.6 is 11.3 Å². The summed E-state index contributed by atoms with van der Waals surface area (Å²) < 4.78 is 1.75. The summed E-state index contributed by atoms with van der Waals surface area (Å²) in [5.41, 5.74) is 2.27. The van der Waals surface area contributed by atoms with Crippen molar-refractivity contribution >= 4 is 33.1 Å². The highest BCUT2D eigenvalue weighted by Gasteiger charge is 2.24. The van der Waals surface area contributed by atoms with Crippen LogP contribution in [0.3, 0.4) is 0 Å². The third kappa shape index (κ3) is 2.16. The molecule has 3 aromatic heterocycles. The molecule has 0 unspecified atom stereocenters. The molecular weight excluding hydrogens is 298 g/mol. The minimum atomic E-state index is -0.437. The first-order valence-electron chi connectivity index (χ1n) is 7.69. The van der Waals surface area contributed by atoms with E-state index >= 15 is 0 Å². The van der Waals surface area contributed by atoms with Crippen LogP contribution in [0.25, 0.3) is 15.9 Å². The number of nitrogens with one attached hydrogen (secondary N) is 1. The lowest BCUT2D eigenvalue weighted by Crippen LogP contribution is -2.18. The first-order valence-corrected chi connectivity index (χ1v) is 8.51. The molecule has 0 spiro atoms. The van der Waals surface area contributed by atoms with Gasteiger partial charge in [0, 0.05) is 11.4 Å². The number of thiophene rings is 1. The van der Waals surface area contributed by atoms with Crippen LogP contribution in [0.4, 0.5) is 5.95 Å². The molecule has 116 valence electrons. The van der Waals surface area contributed by atoms with Crippen LogP contribution < -0.4 is 5.32 Å². The molecule has 0 aromatic carbocycles. The number of hydrogen-bond donors (Lipinski definition) is 2. The molecule has 1 aliphatic carbocycles. The number of aryl methyl sites for hydroxylation is 1. The van der Waals surface area contributed by atoms with E-state index in [4.69, 9.17) is 4.98 Å². The minimum absolute atomic E-state index is 0.437. The van der Waals surface area contributed by atoms with Crippen molar-refractivity contribution in [3.8, 4) is 0 Å². The van der Waals surface area contributed by atoms with Crippen molar-refractivity contribution in [1.29, 1.82) is 0 Å². The lowest BCUT2D eigenvalue weighted by molar-refractivity contribution is 0.208. The fraction of sp³-hybridized carbons (Fsp3) is 0.533. The van der Waals surface area contributed by atoms with Gasteiger partial charge < -0.3 is 10.4 Å². The van der Waals surface area contributed by atoms with Gasteiger partial charge >= 0.3 is 0 Å². The summed E-state index contributed by atoms with van der Waals surface area (Å²) in [6, 6.07) is 0. The largest absolute Gasteiger partial charge is 0.392 e. The van der Waals surface area contributed by atoms with E-state index in [1.807, 2.05) is 0 Å². The van der Waals surface area contributed by atoms with Gasteiger partial charge in [-0.3, -0.25) is 0 Å². The third-order valence-corrected chi connectivity index (χ3v) is 5.41. The van der Waals surface area contributed by atoms with Gasteiger partial charge in [0.15, 0.2) is 5.65 Å². The van der Waals surface area contributed by atoms with Gasteiger partial charge in [0.25, 0.3) is 0 Å². The van der Waals surface area contributed by atoms with Gasteiger partial charge in [-0.25, -0.2) is 9.97 Å². The minimum Gasteiger partial charge on any atom is -0.392 e. The topological polar surface area (TPSA) is 75.3 Å². The summed E-state index contributed by atoms with van der Waals surface area (Å²) in [4.78, 5) is 11.7. The van der Waals surface area contributed by atoms with Crippen LogP contribution in [0.1, 0.15) is 30.7 Å². The Hall–Kier alpha value is -1.73. The van der Waals surface area contributed by atoms with Gasteiger partial charge in [-0.05, 0) is 37.7 Å². The Kier molecular flexibility index (Phi) is 3.27. The molecule has 22 heavy (non-hydrogen) atoms. The van der Waals surface area contributed by atoms with Crippen molar-refractivity contribution in [2.75, 3.05) is 11.9 Å². The fourth-order valence-electron chi connectivity index (χ4n) is 3.12. The monoisotopic (exact) mass is 317 g/mol. The average molecular weight is 317 g/mol. The van der Waals surface area contributed by atoms with Crippen molar-refractivity contribution < 1.29 is 5.11 Å². The lowest BCUT2D eigenvalue weighted by Gasteiger charge is -2.18. The number of rotatable bonds is 3. The predicted octanol–water partition coefficient (Wildman–Crippen LogP) is 2.26. The number of aliphatic hydroxyl groups excluding tert-OH is 1. The van der Waals surface area contributed by atoms with Crippen molar-refractivity contribution in [2.24, 2.45) is 5.92 Å². The van der Waals surface area contributed by atoms with Crippen molar-refractivity contribution in [3.63, 3.8) is 0 Å². The molecule has 0 saturated carbocycles. The van der Waals surface area contributed by atoms with Gasteiger partial charge in [-0.2, -0.15) is 9.61 Å². The Morgan fingerprint density at radius 3 is 3.23 bits per heavy atom. The highest BCUT2D eigenvalue weighted by molar-refractivity contribution is 7.19. The molecule has 0 fully saturated rings. The molecule has 2 atom stereocenters. The maximum Gasteiger partial charge on any atom is 0.227 e. The molecule has 4 rings (SSSR count). The van der Waals surface area contributed by atoms with E-state index in [2.05, 4.69) is 22.3 Å². The maximum atomic E-state index is 9.48. The van der Waals surface area contributed by atoms with Crippen molar-refractivity contribution in [2.45, 2.75) is 39.2 Å². The van der Waals surface area contributed by atoms with Gasteiger partial charge in [0.2, 0.25) is 5.95 Å². The summed E-state index contributed by atoms with van der Waals surface area (Å²) in [5, 5.41) is 18.1.